The van der Waals surface area contributed by atoms with E-state index < -0.39 is 0 Å². The molecule has 13 aromatic carbocycles. The summed E-state index contributed by atoms with van der Waals surface area (Å²) in [6.45, 7) is 2.28. The highest BCUT2D eigenvalue weighted by Gasteiger charge is 2.21. The highest BCUT2D eigenvalue weighted by molar-refractivity contribution is 5.84. The Morgan fingerprint density at radius 1 is 0.253 bits per heavy atom. The van der Waals surface area contributed by atoms with Crippen LogP contribution in [0.3, 0.4) is 0 Å². The third-order valence-electron chi connectivity index (χ3n) is 18.3. The Morgan fingerprint density at radius 3 is 0.758 bits per heavy atom. The molecule has 1 unspecified atom stereocenters. The predicted octanol–water partition coefficient (Wildman–Crippen LogP) is 25.6. The molecular formula is C91H72N4. The summed E-state index contributed by atoms with van der Waals surface area (Å²) in [4.78, 5) is 9.45. The van der Waals surface area contributed by atoms with Crippen LogP contribution in [0.2, 0.25) is 0 Å². The molecule has 0 spiro atoms. The van der Waals surface area contributed by atoms with Crippen molar-refractivity contribution >= 4 is 56.9 Å². The van der Waals surface area contributed by atoms with Crippen LogP contribution in [-0.2, 0) is 0 Å². The molecule has 0 aliphatic heterocycles. The minimum Gasteiger partial charge on any atom is -0.314 e. The zero-order chi connectivity index (χ0) is 63.7. The summed E-state index contributed by atoms with van der Waals surface area (Å²) < 4.78 is 0. The van der Waals surface area contributed by atoms with Crippen molar-refractivity contribution in [1.82, 2.24) is 0 Å². The summed E-state index contributed by atoms with van der Waals surface area (Å²) in [5, 5.41) is 0. The van der Waals surface area contributed by atoms with Gasteiger partial charge in [-0.1, -0.05) is 250 Å². The molecule has 0 fully saturated rings. The molecule has 2 aliphatic carbocycles. The molecule has 13 aromatic rings. The Labute approximate surface area is 559 Å². The Balaban J connectivity index is 0.630. The first-order valence-electron chi connectivity index (χ1n) is 33.1. The molecule has 0 N–H and O–H groups in total. The van der Waals surface area contributed by atoms with E-state index in [1.807, 2.05) is 0 Å². The minimum atomic E-state index is 0.503. The molecule has 15 rings (SSSR count). The summed E-state index contributed by atoms with van der Waals surface area (Å²) in [7, 11) is 0. The number of hydrogen-bond acceptors (Lipinski definition) is 4. The van der Waals surface area contributed by atoms with E-state index >= 15 is 0 Å². The Kier molecular flexibility index (Phi) is 17.2. The van der Waals surface area contributed by atoms with Gasteiger partial charge in [0.2, 0.25) is 0 Å². The van der Waals surface area contributed by atoms with Gasteiger partial charge in [0.1, 0.15) is 0 Å². The summed E-state index contributed by atoms with van der Waals surface area (Å²) in [5.41, 5.74) is 27.8. The standard InChI is InChI=1S/C91H72N4/c1-67-27-49-83(50-28-67)95(91-65-47-79(48-66-91)78-45-59-88(60-46-78)93(81-23-13-5-14-24-81)85-53-35-73(36-54-85)69-19-9-3-10-20-69)90-63-39-75(40-64-90)71-31-29-70(30-32-71)74-37-55-86(56-38-74)94(82-25-15-6-16-26-82)89-61-43-77(44-62-89)76-41-57-87(58-42-76)92(80-21-11-4-12-22-80)84-51-33-72(34-52-84)68-17-7-2-8-18-68/h2-15,17-25,27,29-67H,16,26,28H2,1H3. The van der Waals surface area contributed by atoms with Crippen LogP contribution in [0.1, 0.15) is 26.2 Å². The van der Waals surface area contributed by atoms with Gasteiger partial charge >= 0.3 is 0 Å². The van der Waals surface area contributed by atoms with Gasteiger partial charge in [0.25, 0.3) is 0 Å². The van der Waals surface area contributed by atoms with Crippen LogP contribution in [0, 0.1) is 5.92 Å². The average molecular weight is 1220 g/mol. The lowest BCUT2D eigenvalue weighted by Crippen LogP contribution is -2.17. The number of anilines is 10. The number of hydrogen-bond donors (Lipinski definition) is 0. The molecule has 456 valence electrons. The average Bonchev–Trinajstić information content (AvgIpc) is 0.925. The first kappa shape index (κ1) is 59.3. The molecule has 4 nitrogen and oxygen atoms in total. The normalized spacial score (nSPS) is 13.3. The van der Waals surface area contributed by atoms with E-state index in [9.17, 15) is 0 Å². The highest BCUT2D eigenvalue weighted by atomic mass is 15.2. The molecule has 0 amide bonds. The molecular weight excluding hydrogens is 1150 g/mol. The van der Waals surface area contributed by atoms with Crippen molar-refractivity contribution in [3.63, 3.8) is 0 Å². The van der Waals surface area contributed by atoms with Gasteiger partial charge < -0.3 is 19.6 Å². The van der Waals surface area contributed by atoms with Gasteiger partial charge in [-0.3, -0.25) is 0 Å². The van der Waals surface area contributed by atoms with Crippen LogP contribution < -0.4 is 19.6 Å². The number of allylic oxidation sites excluding steroid dienone is 7. The van der Waals surface area contributed by atoms with Crippen LogP contribution in [0.5, 0.6) is 0 Å². The highest BCUT2D eigenvalue weighted by Crippen LogP contribution is 2.42. The third kappa shape index (κ3) is 13.1. The third-order valence-corrected chi connectivity index (χ3v) is 18.3. The van der Waals surface area contributed by atoms with Gasteiger partial charge in [-0.15, -0.1) is 0 Å². The number of para-hydroxylation sites is 2. The van der Waals surface area contributed by atoms with Crippen molar-refractivity contribution in [2.45, 2.75) is 26.2 Å². The van der Waals surface area contributed by atoms with Crippen molar-refractivity contribution in [3.8, 4) is 66.8 Å². The summed E-state index contributed by atoms with van der Waals surface area (Å²) in [6.07, 6.45) is 16.7. The van der Waals surface area contributed by atoms with Gasteiger partial charge in [-0.2, -0.15) is 0 Å². The van der Waals surface area contributed by atoms with Crippen molar-refractivity contribution in [2.24, 2.45) is 5.92 Å². The molecule has 0 aromatic heterocycles. The largest absolute Gasteiger partial charge is 0.314 e. The summed E-state index contributed by atoms with van der Waals surface area (Å²) >= 11 is 0. The van der Waals surface area contributed by atoms with Gasteiger partial charge in [0.15, 0.2) is 0 Å². The van der Waals surface area contributed by atoms with E-state index in [0.29, 0.717) is 5.92 Å². The molecule has 0 saturated heterocycles. The Morgan fingerprint density at radius 2 is 0.495 bits per heavy atom. The maximum absolute atomic E-state index is 2.42. The lowest BCUT2D eigenvalue weighted by molar-refractivity contribution is 0.728. The molecule has 95 heavy (non-hydrogen) atoms. The molecule has 0 bridgehead atoms. The van der Waals surface area contributed by atoms with Crippen molar-refractivity contribution in [2.75, 3.05) is 19.6 Å². The quantitative estimate of drug-likeness (QED) is 0.0849. The lowest BCUT2D eigenvalue weighted by atomic mass is 9.98. The van der Waals surface area contributed by atoms with Crippen LogP contribution in [0.25, 0.3) is 66.8 Å². The first-order valence-corrected chi connectivity index (χ1v) is 33.1. The lowest BCUT2D eigenvalue weighted by Gasteiger charge is -2.29. The predicted molar refractivity (Wildman–Crippen MR) is 403 cm³/mol. The fourth-order valence-electron chi connectivity index (χ4n) is 13.2. The number of rotatable bonds is 18. The molecule has 4 heteroatoms. The van der Waals surface area contributed by atoms with Crippen molar-refractivity contribution in [3.05, 3.63) is 388 Å². The van der Waals surface area contributed by atoms with E-state index in [1.54, 1.807) is 0 Å². The van der Waals surface area contributed by atoms with Crippen LogP contribution in [-0.4, -0.2) is 0 Å². The first-order chi connectivity index (χ1) is 47.0. The van der Waals surface area contributed by atoms with E-state index in [4.69, 9.17) is 0 Å². The fraction of sp³-hybridized carbons (Fsp3) is 0.0549. The zero-order valence-electron chi connectivity index (χ0n) is 53.3. The molecule has 0 saturated carbocycles. The monoisotopic (exact) mass is 1220 g/mol. The molecule has 1 atom stereocenters. The van der Waals surface area contributed by atoms with E-state index in [1.165, 1.54) is 78.2 Å². The topological polar surface area (TPSA) is 13.0 Å². The maximum atomic E-state index is 2.42. The van der Waals surface area contributed by atoms with E-state index in [2.05, 4.69) is 403 Å². The zero-order valence-corrected chi connectivity index (χ0v) is 53.3. The van der Waals surface area contributed by atoms with E-state index in [-0.39, 0.29) is 0 Å². The summed E-state index contributed by atoms with van der Waals surface area (Å²) in [6, 6.07) is 123. The van der Waals surface area contributed by atoms with Gasteiger partial charge in [-0.25, -0.2) is 0 Å². The SMILES string of the molecule is CC1C=CC(N(c2ccc(-c3ccc(-c4ccc(N(C5=CC=CCC5)c5ccc(-c6ccc(N(c7ccccc7)c7ccc(-c8ccccc8)cc7)cc6)cc5)cc4)cc3)cc2)c2ccc(-c3ccc(N(c4ccccc4)c4ccc(-c5ccccc5)cc4)cc3)cc2)=CC1. The van der Waals surface area contributed by atoms with Crippen LogP contribution >= 0.6 is 0 Å². The van der Waals surface area contributed by atoms with Crippen molar-refractivity contribution in [1.29, 1.82) is 0 Å². The van der Waals surface area contributed by atoms with Gasteiger partial charge in [-0.05, 0) is 225 Å². The summed E-state index contributed by atoms with van der Waals surface area (Å²) in [5.74, 6) is 0.503. The van der Waals surface area contributed by atoms with Crippen molar-refractivity contribution < 1.29 is 0 Å². The minimum absolute atomic E-state index is 0.503. The van der Waals surface area contributed by atoms with Crippen LogP contribution in [0.4, 0.5) is 56.9 Å². The molecule has 2 aliphatic rings. The second-order valence-corrected chi connectivity index (χ2v) is 24.5. The smallest absolute Gasteiger partial charge is 0.0462 e. The Bertz CT molecular complexity index is 4810. The second kappa shape index (κ2) is 27.5. The second-order valence-electron chi connectivity index (χ2n) is 24.5. The maximum Gasteiger partial charge on any atom is 0.0462 e. The van der Waals surface area contributed by atoms with Gasteiger partial charge in [0.05, 0.1) is 0 Å². The van der Waals surface area contributed by atoms with Gasteiger partial charge in [0, 0.05) is 68.3 Å². The number of benzene rings is 13. The molecule has 0 heterocycles. The van der Waals surface area contributed by atoms with E-state index in [0.717, 1.165) is 76.1 Å². The molecule has 0 radical (unpaired) electrons. The Hall–Kier alpha value is -12.0. The number of nitrogens with zero attached hydrogens (tertiary/aromatic N) is 4. The van der Waals surface area contributed by atoms with Crippen LogP contribution in [0.15, 0.2) is 388 Å². The fourth-order valence-corrected chi connectivity index (χ4v) is 13.2.